The highest BCUT2D eigenvalue weighted by Crippen LogP contribution is 2.23. The summed E-state index contributed by atoms with van der Waals surface area (Å²) in [5.74, 6) is 0.261. The predicted octanol–water partition coefficient (Wildman–Crippen LogP) is 3.74. The fourth-order valence-corrected chi connectivity index (χ4v) is 3.98. The molecule has 0 atom stereocenters. The summed E-state index contributed by atoms with van der Waals surface area (Å²) in [6.45, 7) is 2.03. The summed E-state index contributed by atoms with van der Waals surface area (Å²) >= 11 is 0. The average Bonchev–Trinajstić information content (AvgIpc) is 3.31. The van der Waals surface area contributed by atoms with Crippen molar-refractivity contribution < 1.29 is 14.4 Å². The molecule has 4 aromatic rings. The minimum absolute atomic E-state index is 0.156. The first kappa shape index (κ1) is 20.6. The number of nitrogens with one attached hydrogen (secondary N) is 1. The third-order valence-corrected chi connectivity index (χ3v) is 5.56. The zero-order valence-electron chi connectivity index (χ0n) is 18.0. The Kier molecular flexibility index (Phi) is 5.18. The number of amides is 3. The lowest BCUT2D eigenvalue weighted by Gasteiger charge is -2.13. The molecule has 8 heteroatoms. The summed E-state index contributed by atoms with van der Waals surface area (Å²) in [7, 11) is 0. The predicted molar refractivity (Wildman–Crippen MR) is 123 cm³/mol. The molecule has 0 spiro atoms. The first-order valence-corrected chi connectivity index (χ1v) is 10.7. The molecule has 164 valence electrons. The number of carbonyl (C=O) groups excluding carboxylic acids is 3. The molecule has 1 aliphatic heterocycles. The van der Waals surface area contributed by atoms with E-state index < -0.39 is 0 Å². The SMILES string of the molecule is Cc1cc(NC(=O)CCCN2C(=O)c3ccccc3C2=O)n(-c2ccc3ccccc3n2)n1. The summed E-state index contributed by atoms with van der Waals surface area (Å²) in [6, 6.07) is 20.1. The van der Waals surface area contributed by atoms with Crippen molar-refractivity contribution in [1.82, 2.24) is 19.7 Å². The number of benzene rings is 2. The topological polar surface area (TPSA) is 97.2 Å². The third kappa shape index (κ3) is 3.87. The van der Waals surface area contributed by atoms with Crippen molar-refractivity contribution in [3.8, 4) is 5.82 Å². The molecule has 2 aromatic heterocycles. The quantitative estimate of drug-likeness (QED) is 0.462. The highest BCUT2D eigenvalue weighted by Gasteiger charge is 2.34. The molecule has 3 amide bonds. The van der Waals surface area contributed by atoms with Crippen LogP contribution in [-0.2, 0) is 4.79 Å². The van der Waals surface area contributed by atoms with Crippen molar-refractivity contribution in [1.29, 1.82) is 0 Å². The van der Waals surface area contributed by atoms with Crippen molar-refractivity contribution in [2.75, 3.05) is 11.9 Å². The number of pyridine rings is 1. The second-order valence-corrected chi connectivity index (χ2v) is 7.90. The van der Waals surface area contributed by atoms with Crippen molar-refractivity contribution in [3.63, 3.8) is 0 Å². The lowest BCUT2D eigenvalue weighted by Crippen LogP contribution is -2.31. The highest BCUT2D eigenvalue weighted by molar-refractivity contribution is 6.21. The van der Waals surface area contributed by atoms with Gasteiger partial charge in [-0.3, -0.25) is 19.3 Å². The maximum absolute atomic E-state index is 12.6. The summed E-state index contributed by atoms with van der Waals surface area (Å²) in [4.78, 5) is 43.4. The lowest BCUT2D eigenvalue weighted by molar-refractivity contribution is -0.116. The summed E-state index contributed by atoms with van der Waals surface area (Å²) < 4.78 is 1.60. The van der Waals surface area contributed by atoms with Crippen LogP contribution in [0, 0.1) is 6.92 Å². The maximum Gasteiger partial charge on any atom is 0.261 e. The molecule has 0 radical (unpaired) electrons. The van der Waals surface area contributed by atoms with Crippen LogP contribution in [0.15, 0.2) is 66.7 Å². The van der Waals surface area contributed by atoms with Gasteiger partial charge in [0.25, 0.3) is 11.8 Å². The van der Waals surface area contributed by atoms with Gasteiger partial charge in [0.2, 0.25) is 5.91 Å². The second-order valence-electron chi connectivity index (χ2n) is 7.90. The van der Waals surface area contributed by atoms with Crippen molar-refractivity contribution >= 4 is 34.4 Å². The molecule has 5 rings (SSSR count). The summed E-state index contributed by atoms with van der Waals surface area (Å²) in [6.07, 6.45) is 0.515. The standard InChI is InChI=1S/C25H21N5O3/c1-16-15-22(30(28-16)21-13-12-17-7-2-5-10-20(17)26-21)27-23(31)11-6-14-29-24(32)18-8-3-4-9-19(18)25(29)33/h2-5,7-10,12-13,15H,6,11,14H2,1H3,(H,27,31). The molecule has 0 bridgehead atoms. The Morgan fingerprint density at radius 3 is 2.39 bits per heavy atom. The Hall–Kier alpha value is -4.33. The van der Waals surface area contributed by atoms with Gasteiger partial charge in [0.05, 0.1) is 22.3 Å². The minimum Gasteiger partial charge on any atom is -0.311 e. The molecule has 3 heterocycles. The van der Waals surface area contributed by atoms with E-state index in [1.165, 1.54) is 4.90 Å². The van der Waals surface area contributed by atoms with Gasteiger partial charge in [-0.25, -0.2) is 4.98 Å². The average molecular weight is 439 g/mol. The number of rotatable bonds is 6. The lowest BCUT2D eigenvalue weighted by atomic mass is 10.1. The van der Waals surface area contributed by atoms with E-state index in [0.29, 0.717) is 29.2 Å². The molecule has 0 unspecified atom stereocenters. The molecular weight excluding hydrogens is 418 g/mol. The number of para-hydroxylation sites is 1. The van der Waals surface area contributed by atoms with Gasteiger partial charge in [-0.05, 0) is 43.7 Å². The molecule has 0 fully saturated rings. The van der Waals surface area contributed by atoms with E-state index in [9.17, 15) is 14.4 Å². The molecule has 8 nitrogen and oxygen atoms in total. The molecule has 0 saturated carbocycles. The Balaban J connectivity index is 1.25. The number of nitrogens with zero attached hydrogens (tertiary/aromatic N) is 4. The van der Waals surface area contributed by atoms with Crippen LogP contribution in [0.3, 0.4) is 0 Å². The number of fused-ring (bicyclic) bond motifs is 2. The van der Waals surface area contributed by atoms with Gasteiger partial charge >= 0.3 is 0 Å². The van der Waals surface area contributed by atoms with Gasteiger partial charge in [0.15, 0.2) is 5.82 Å². The Labute approximate surface area is 189 Å². The Morgan fingerprint density at radius 2 is 1.64 bits per heavy atom. The number of imide groups is 1. The number of aromatic nitrogens is 3. The first-order chi connectivity index (χ1) is 16.0. The van der Waals surface area contributed by atoms with E-state index in [1.807, 2.05) is 43.3 Å². The van der Waals surface area contributed by atoms with Crippen molar-refractivity contribution in [2.45, 2.75) is 19.8 Å². The molecular formula is C25H21N5O3. The largest absolute Gasteiger partial charge is 0.311 e. The van der Waals surface area contributed by atoms with Gasteiger partial charge in [-0.1, -0.05) is 30.3 Å². The number of aryl methyl sites for hydroxylation is 1. The zero-order chi connectivity index (χ0) is 22.9. The van der Waals surface area contributed by atoms with E-state index in [4.69, 9.17) is 0 Å². The van der Waals surface area contributed by atoms with Crippen LogP contribution in [0.1, 0.15) is 39.3 Å². The molecule has 33 heavy (non-hydrogen) atoms. The van der Waals surface area contributed by atoms with Crippen LogP contribution in [-0.4, -0.2) is 43.9 Å². The van der Waals surface area contributed by atoms with Crippen LogP contribution in [0.25, 0.3) is 16.7 Å². The van der Waals surface area contributed by atoms with Gasteiger partial charge in [-0.2, -0.15) is 9.78 Å². The van der Waals surface area contributed by atoms with Crippen molar-refractivity contribution in [2.24, 2.45) is 0 Å². The van der Waals surface area contributed by atoms with E-state index in [1.54, 1.807) is 35.0 Å². The van der Waals surface area contributed by atoms with E-state index in [2.05, 4.69) is 15.4 Å². The van der Waals surface area contributed by atoms with Gasteiger partial charge in [0, 0.05) is 24.4 Å². The molecule has 1 N–H and O–H groups in total. The summed E-state index contributed by atoms with van der Waals surface area (Å²) in [5, 5.41) is 8.36. The number of hydrogen-bond acceptors (Lipinski definition) is 5. The van der Waals surface area contributed by atoms with Crippen LogP contribution in [0.4, 0.5) is 5.82 Å². The van der Waals surface area contributed by atoms with Crippen LogP contribution < -0.4 is 5.32 Å². The minimum atomic E-state index is -0.313. The first-order valence-electron chi connectivity index (χ1n) is 10.7. The van der Waals surface area contributed by atoms with Gasteiger partial charge in [0.1, 0.15) is 5.82 Å². The second kappa shape index (κ2) is 8.31. The van der Waals surface area contributed by atoms with Crippen LogP contribution >= 0.6 is 0 Å². The molecule has 0 aliphatic carbocycles. The molecule has 1 aliphatic rings. The molecule has 2 aromatic carbocycles. The normalized spacial score (nSPS) is 12.9. The Bertz CT molecular complexity index is 1370. The molecule has 0 saturated heterocycles. The van der Waals surface area contributed by atoms with Crippen molar-refractivity contribution in [3.05, 3.63) is 83.6 Å². The smallest absolute Gasteiger partial charge is 0.261 e. The van der Waals surface area contributed by atoms with Crippen LogP contribution in [0.5, 0.6) is 0 Å². The van der Waals surface area contributed by atoms with Gasteiger partial charge < -0.3 is 5.32 Å². The summed E-state index contributed by atoms with van der Waals surface area (Å²) in [5.41, 5.74) is 2.40. The fourth-order valence-electron chi connectivity index (χ4n) is 3.98. The monoisotopic (exact) mass is 439 g/mol. The zero-order valence-corrected chi connectivity index (χ0v) is 18.0. The fraction of sp³-hybridized carbons (Fsp3) is 0.160. The third-order valence-electron chi connectivity index (χ3n) is 5.56. The van der Waals surface area contributed by atoms with E-state index in [-0.39, 0.29) is 30.7 Å². The van der Waals surface area contributed by atoms with Gasteiger partial charge in [-0.15, -0.1) is 0 Å². The number of hydrogen-bond donors (Lipinski definition) is 1. The Morgan fingerprint density at radius 1 is 0.939 bits per heavy atom. The number of carbonyl (C=O) groups is 3. The maximum atomic E-state index is 12.6. The highest BCUT2D eigenvalue weighted by atomic mass is 16.2. The van der Waals surface area contributed by atoms with E-state index >= 15 is 0 Å². The van der Waals surface area contributed by atoms with E-state index in [0.717, 1.165) is 16.6 Å². The van der Waals surface area contributed by atoms with Crippen LogP contribution in [0.2, 0.25) is 0 Å². The number of anilines is 1.